The van der Waals surface area contributed by atoms with Crippen molar-refractivity contribution >= 4 is 23.3 Å². The Morgan fingerprint density at radius 2 is 2.19 bits per heavy atom. The molecule has 0 saturated carbocycles. The monoisotopic (exact) mass is 305 g/mol. The Morgan fingerprint density at radius 1 is 1.38 bits per heavy atom. The maximum atomic E-state index is 11.9. The first-order valence-corrected chi connectivity index (χ1v) is 6.77. The molecule has 0 bridgehead atoms. The van der Waals surface area contributed by atoms with Gasteiger partial charge in [-0.1, -0.05) is 23.7 Å². The summed E-state index contributed by atoms with van der Waals surface area (Å²) >= 11 is 5.92. The van der Waals surface area contributed by atoms with Crippen LogP contribution in [0.15, 0.2) is 36.5 Å². The van der Waals surface area contributed by atoms with E-state index < -0.39 is 0 Å². The number of carbonyl (C=O) groups excluding carboxylic acids is 1. The summed E-state index contributed by atoms with van der Waals surface area (Å²) in [5.74, 6) is 0.497. The van der Waals surface area contributed by atoms with Gasteiger partial charge in [-0.15, -0.1) is 0 Å². The molecule has 1 aromatic heterocycles. The van der Waals surface area contributed by atoms with Gasteiger partial charge in [-0.2, -0.15) is 0 Å². The molecule has 0 atom stereocenters. The number of nitrogens with one attached hydrogen (secondary N) is 2. The molecule has 5 nitrogen and oxygen atoms in total. The SMILES string of the molecule is COc1ncccc1CNC(=O)Nc1cc(Cl)ccc1C. The van der Waals surface area contributed by atoms with Gasteiger partial charge in [-0.05, 0) is 30.7 Å². The van der Waals surface area contributed by atoms with E-state index in [1.165, 1.54) is 0 Å². The van der Waals surface area contributed by atoms with E-state index in [0.717, 1.165) is 11.1 Å². The normalized spacial score (nSPS) is 10.0. The number of aromatic nitrogens is 1. The number of amides is 2. The predicted molar refractivity (Wildman–Crippen MR) is 82.8 cm³/mol. The Morgan fingerprint density at radius 3 is 2.95 bits per heavy atom. The average molecular weight is 306 g/mol. The lowest BCUT2D eigenvalue weighted by Crippen LogP contribution is -2.28. The Labute approximate surface area is 128 Å². The summed E-state index contributed by atoms with van der Waals surface area (Å²) in [4.78, 5) is 16.0. The molecule has 6 heteroatoms. The highest BCUT2D eigenvalue weighted by molar-refractivity contribution is 6.31. The van der Waals surface area contributed by atoms with Gasteiger partial charge >= 0.3 is 6.03 Å². The fourth-order valence-electron chi connectivity index (χ4n) is 1.81. The van der Waals surface area contributed by atoms with Gasteiger partial charge in [0.25, 0.3) is 0 Å². The minimum atomic E-state index is -0.314. The van der Waals surface area contributed by atoms with Gasteiger partial charge in [0.05, 0.1) is 7.11 Å². The average Bonchev–Trinajstić information content (AvgIpc) is 2.49. The van der Waals surface area contributed by atoms with E-state index in [0.29, 0.717) is 23.1 Å². The number of anilines is 1. The second-order valence-electron chi connectivity index (χ2n) is 4.44. The first-order valence-electron chi connectivity index (χ1n) is 6.39. The molecule has 0 fully saturated rings. The number of benzene rings is 1. The van der Waals surface area contributed by atoms with Crippen LogP contribution in [0.2, 0.25) is 5.02 Å². The molecule has 2 aromatic rings. The molecule has 0 unspecified atom stereocenters. The van der Waals surface area contributed by atoms with Crippen molar-refractivity contribution in [3.63, 3.8) is 0 Å². The van der Waals surface area contributed by atoms with Crippen LogP contribution in [-0.4, -0.2) is 18.1 Å². The van der Waals surface area contributed by atoms with Crippen molar-refractivity contribution in [3.05, 3.63) is 52.7 Å². The molecule has 110 valence electrons. The summed E-state index contributed by atoms with van der Waals surface area (Å²) in [6.45, 7) is 2.22. The predicted octanol–water partition coefficient (Wildman–Crippen LogP) is 3.37. The van der Waals surface area contributed by atoms with E-state index >= 15 is 0 Å². The van der Waals surface area contributed by atoms with Gasteiger partial charge in [0.1, 0.15) is 0 Å². The molecule has 2 amide bonds. The Balaban J connectivity index is 1.97. The molecular weight excluding hydrogens is 290 g/mol. The summed E-state index contributed by atoms with van der Waals surface area (Å²) in [6.07, 6.45) is 1.64. The molecule has 1 heterocycles. The Bertz CT molecular complexity index is 647. The lowest BCUT2D eigenvalue weighted by Gasteiger charge is -2.11. The lowest BCUT2D eigenvalue weighted by atomic mass is 10.2. The third kappa shape index (κ3) is 4.10. The van der Waals surface area contributed by atoms with Crippen molar-refractivity contribution in [1.29, 1.82) is 0 Å². The highest BCUT2D eigenvalue weighted by atomic mass is 35.5. The second kappa shape index (κ2) is 6.95. The van der Waals surface area contributed by atoms with Crippen LogP contribution in [0.4, 0.5) is 10.5 Å². The smallest absolute Gasteiger partial charge is 0.319 e. The van der Waals surface area contributed by atoms with E-state index in [1.54, 1.807) is 31.5 Å². The number of hydrogen-bond donors (Lipinski definition) is 2. The molecule has 21 heavy (non-hydrogen) atoms. The number of ether oxygens (including phenoxy) is 1. The van der Waals surface area contributed by atoms with Crippen LogP contribution in [0, 0.1) is 6.92 Å². The van der Waals surface area contributed by atoms with Gasteiger partial charge in [0, 0.05) is 29.0 Å². The van der Waals surface area contributed by atoms with E-state index in [1.807, 2.05) is 19.1 Å². The minimum absolute atomic E-state index is 0.314. The number of halogens is 1. The van der Waals surface area contributed by atoms with E-state index in [-0.39, 0.29) is 6.03 Å². The van der Waals surface area contributed by atoms with Crippen LogP contribution in [0.5, 0.6) is 5.88 Å². The first-order chi connectivity index (χ1) is 10.1. The lowest BCUT2D eigenvalue weighted by molar-refractivity contribution is 0.251. The summed E-state index contributed by atoms with van der Waals surface area (Å²) in [6, 6.07) is 8.66. The van der Waals surface area contributed by atoms with Crippen LogP contribution in [0.1, 0.15) is 11.1 Å². The maximum Gasteiger partial charge on any atom is 0.319 e. The van der Waals surface area contributed by atoms with Gasteiger partial charge in [0.15, 0.2) is 0 Å². The zero-order chi connectivity index (χ0) is 15.2. The highest BCUT2D eigenvalue weighted by Crippen LogP contribution is 2.20. The molecule has 2 rings (SSSR count). The first kappa shape index (κ1) is 15.1. The number of rotatable bonds is 4. The molecule has 0 saturated heterocycles. The maximum absolute atomic E-state index is 11.9. The van der Waals surface area contributed by atoms with Crippen LogP contribution < -0.4 is 15.4 Å². The summed E-state index contributed by atoms with van der Waals surface area (Å²) in [5, 5.41) is 6.09. The number of nitrogens with zero attached hydrogens (tertiary/aromatic N) is 1. The van der Waals surface area contributed by atoms with Gasteiger partial charge in [0.2, 0.25) is 5.88 Å². The third-order valence-electron chi connectivity index (χ3n) is 2.93. The van der Waals surface area contributed by atoms with Crippen molar-refractivity contribution in [2.45, 2.75) is 13.5 Å². The number of urea groups is 1. The minimum Gasteiger partial charge on any atom is -0.481 e. The van der Waals surface area contributed by atoms with Crippen molar-refractivity contribution in [3.8, 4) is 5.88 Å². The van der Waals surface area contributed by atoms with Crippen molar-refractivity contribution in [2.24, 2.45) is 0 Å². The van der Waals surface area contributed by atoms with E-state index in [9.17, 15) is 4.79 Å². The van der Waals surface area contributed by atoms with Crippen LogP contribution in [-0.2, 0) is 6.54 Å². The zero-order valence-electron chi connectivity index (χ0n) is 11.8. The molecule has 0 radical (unpaired) electrons. The largest absolute Gasteiger partial charge is 0.481 e. The number of hydrogen-bond acceptors (Lipinski definition) is 3. The van der Waals surface area contributed by atoms with Gasteiger partial charge < -0.3 is 15.4 Å². The number of aryl methyl sites for hydroxylation is 1. The van der Waals surface area contributed by atoms with Gasteiger partial charge in [-0.25, -0.2) is 9.78 Å². The molecule has 0 aliphatic heterocycles. The second-order valence-corrected chi connectivity index (χ2v) is 4.88. The topological polar surface area (TPSA) is 63.2 Å². The van der Waals surface area contributed by atoms with Crippen molar-refractivity contribution in [1.82, 2.24) is 10.3 Å². The van der Waals surface area contributed by atoms with E-state index in [2.05, 4.69) is 15.6 Å². The molecule has 0 aliphatic rings. The summed E-state index contributed by atoms with van der Waals surface area (Å²) in [5.41, 5.74) is 2.42. The van der Waals surface area contributed by atoms with Crippen molar-refractivity contribution in [2.75, 3.05) is 12.4 Å². The molecule has 0 aliphatic carbocycles. The number of methoxy groups -OCH3 is 1. The zero-order valence-corrected chi connectivity index (χ0v) is 12.6. The quantitative estimate of drug-likeness (QED) is 0.910. The summed E-state index contributed by atoms with van der Waals surface area (Å²) < 4.78 is 5.13. The fourth-order valence-corrected chi connectivity index (χ4v) is 1.99. The van der Waals surface area contributed by atoms with Crippen molar-refractivity contribution < 1.29 is 9.53 Å². The molecular formula is C15H16ClN3O2. The Hall–Kier alpha value is -2.27. The van der Waals surface area contributed by atoms with Gasteiger partial charge in [-0.3, -0.25) is 0 Å². The van der Waals surface area contributed by atoms with Crippen LogP contribution >= 0.6 is 11.6 Å². The number of carbonyl (C=O) groups is 1. The summed E-state index contributed by atoms with van der Waals surface area (Å²) in [7, 11) is 1.54. The molecule has 0 spiro atoms. The fraction of sp³-hybridized carbons (Fsp3) is 0.200. The third-order valence-corrected chi connectivity index (χ3v) is 3.17. The Kier molecular flexibility index (Phi) is 5.00. The molecule has 2 N–H and O–H groups in total. The molecule has 1 aromatic carbocycles. The van der Waals surface area contributed by atoms with Crippen LogP contribution in [0.25, 0.3) is 0 Å². The number of pyridine rings is 1. The standard InChI is InChI=1S/C15H16ClN3O2/c1-10-5-6-12(16)8-13(10)19-15(20)18-9-11-4-3-7-17-14(11)21-2/h3-8H,9H2,1-2H3,(H2,18,19,20). The highest BCUT2D eigenvalue weighted by Gasteiger charge is 2.07. The van der Waals surface area contributed by atoms with Crippen LogP contribution in [0.3, 0.4) is 0 Å². The van der Waals surface area contributed by atoms with E-state index in [4.69, 9.17) is 16.3 Å².